The van der Waals surface area contributed by atoms with E-state index in [-0.39, 0.29) is 11.8 Å². The molecule has 2 rings (SSSR count). The van der Waals surface area contributed by atoms with Crippen LogP contribution in [0.1, 0.15) is 53.0 Å². The highest BCUT2D eigenvalue weighted by atomic mass is 16.5. The Morgan fingerprint density at radius 2 is 1.68 bits per heavy atom. The second kappa shape index (κ2) is 11.1. The lowest BCUT2D eigenvalue weighted by atomic mass is 10.1. The third-order valence-electron chi connectivity index (χ3n) is 4.38. The molecule has 0 radical (unpaired) electrons. The van der Waals surface area contributed by atoms with Gasteiger partial charge in [-0.2, -0.15) is 0 Å². The van der Waals surface area contributed by atoms with Crippen LogP contribution in [0.5, 0.6) is 5.75 Å². The van der Waals surface area contributed by atoms with Crippen LogP contribution in [0.25, 0.3) is 0 Å². The summed E-state index contributed by atoms with van der Waals surface area (Å²) in [5.74, 6) is 0.498. The summed E-state index contributed by atoms with van der Waals surface area (Å²) in [6.45, 7) is 5.98. The zero-order valence-electron chi connectivity index (χ0n) is 16.9. The lowest BCUT2D eigenvalue weighted by Gasteiger charge is -2.21. The number of benzene rings is 1. The van der Waals surface area contributed by atoms with Crippen LogP contribution in [-0.4, -0.2) is 48.4 Å². The summed E-state index contributed by atoms with van der Waals surface area (Å²) in [6, 6.07) is 9.36. The van der Waals surface area contributed by atoms with Crippen LogP contribution < -0.4 is 10.1 Å². The van der Waals surface area contributed by atoms with Crippen LogP contribution in [-0.2, 0) is 6.42 Å². The van der Waals surface area contributed by atoms with Gasteiger partial charge in [-0.05, 0) is 43.0 Å². The molecule has 0 unspecified atom stereocenters. The van der Waals surface area contributed by atoms with Crippen molar-refractivity contribution in [2.45, 2.75) is 33.1 Å². The molecule has 150 valence electrons. The Balaban J connectivity index is 1.95. The van der Waals surface area contributed by atoms with Crippen molar-refractivity contribution in [3.05, 3.63) is 59.4 Å². The van der Waals surface area contributed by atoms with Crippen LogP contribution in [0.3, 0.4) is 0 Å². The Morgan fingerprint density at radius 3 is 2.29 bits per heavy atom. The van der Waals surface area contributed by atoms with Crippen molar-refractivity contribution in [1.82, 2.24) is 15.2 Å². The van der Waals surface area contributed by atoms with Gasteiger partial charge >= 0.3 is 0 Å². The van der Waals surface area contributed by atoms with Crippen molar-refractivity contribution in [2.75, 3.05) is 26.7 Å². The molecule has 2 amide bonds. The molecule has 1 aromatic carbocycles. The SMILES string of the molecule is CCCN(CCC)C(=O)c1cncc(C(=O)NCCc2ccc(OC)cc2)c1. The molecule has 0 bridgehead atoms. The van der Waals surface area contributed by atoms with Crippen molar-refractivity contribution in [1.29, 1.82) is 0 Å². The van der Waals surface area contributed by atoms with Crippen LogP contribution in [0.15, 0.2) is 42.7 Å². The van der Waals surface area contributed by atoms with Gasteiger partial charge in [-0.15, -0.1) is 0 Å². The molecule has 2 aromatic rings. The first kappa shape index (κ1) is 21.4. The van der Waals surface area contributed by atoms with Crippen molar-refractivity contribution in [3.63, 3.8) is 0 Å². The smallest absolute Gasteiger partial charge is 0.255 e. The number of nitrogens with one attached hydrogen (secondary N) is 1. The maximum Gasteiger partial charge on any atom is 0.255 e. The minimum absolute atomic E-state index is 0.0796. The monoisotopic (exact) mass is 383 g/mol. The molecule has 0 saturated carbocycles. The van der Waals surface area contributed by atoms with E-state index < -0.39 is 0 Å². The maximum atomic E-state index is 12.7. The fourth-order valence-corrected chi connectivity index (χ4v) is 2.93. The molecular weight excluding hydrogens is 354 g/mol. The molecule has 28 heavy (non-hydrogen) atoms. The van der Waals surface area contributed by atoms with E-state index in [2.05, 4.69) is 10.3 Å². The topological polar surface area (TPSA) is 71.5 Å². The summed E-state index contributed by atoms with van der Waals surface area (Å²) in [5.41, 5.74) is 1.95. The molecule has 0 saturated heterocycles. The van der Waals surface area contributed by atoms with Crippen molar-refractivity contribution < 1.29 is 14.3 Å². The summed E-state index contributed by atoms with van der Waals surface area (Å²) in [4.78, 5) is 31.0. The molecule has 0 spiro atoms. The van der Waals surface area contributed by atoms with Crippen molar-refractivity contribution in [2.24, 2.45) is 0 Å². The number of nitrogens with zero attached hydrogens (tertiary/aromatic N) is 2. The first-order chi connectivity index (χ1) is 13.6. The molecule has 0 fully saturated rings. The highest BCUT2D eigenvalue weighted by molar-refractivity contribution is 5.99. The minimum Gasteiger partial charge on any atom is -0.497 e. The zero-order chi connectivity index (χ0) is 20.4. The van der Waals surface area contributed by atoms with Gasteiger partial charge in [0.25, 0.3) is 11.8 Å². The van der Waals surface area contributed by atoms with E-state index in [0.29, 0.717) is 37.2 Å². The van der Waals surface area contributed by atoms with Crippen LogP contribution in [0, 0.1) is 0 Å². The number of amides is 2. The summed E-state index contributed by atoms with van der Waals surface area (Å²) >= 11 is 0. The average molecular weight is 383 g/mol. The van der Waals surface area contributed by atoms with E-state index >= 15 is 0 Å². The number of rotatable bonds is 10. The van der Waals surface area contributed by atoms with E-state index in [0.717, 1.165) is 24.2 Å². The van der Waals surface area contributed by atoms with Crippen molar-refractivity contribution in [3.8, 4) is 5.75 Å². The number of carbonyl (C=O) groups is 2. The molecule has 0 aliphatic heterocycles. The standard InChI is InChI=1S/C22H29N3O3/c1-4-12-25(13-5-2)22(27)19-14-18(15-23-16-19)21(26)24-11-10-17-6-8-20(28-3)9-7-17/h6-9,14-16H,4-5,10-13H2,1-3H3,(H,24,26). The zero-order valence-corrected chi connectivity index (χ0v) is 16.9. The fourth-order valence-electron chi connectivity index (χ4n) is 2.93. The number of pyridine rings is 1. The third kappa shape index (κ3) is 6.08. The summed E-state index contributed by atoms with van der Waals surface area (Å²) < 4.78 is 5.14. The fraction of sp³-hybridized carbons (Fsp3) is 0.409. The van der Waals surface area contributed by atoms with Crippen molar-refractivity contribution >= 4 is 11.8 Å². The Bertz CT molecular complexity index is 769. The number of methoxy groups -OCH3 is 1. The highest BCUT2D eigenvalue weighted by Crippen LogP contribution is 2.12. The Hall–Kier alpha value is -2.89. The van der Waals surface area contributed by atoms with E-state index in [1.807, 2.05) is 43.0 Å². The van der Waals surface area contributed by atoms with Gasteiger partial charge in [0.1, 0.15) is 5.75 Å². The van der Waals surface area contributed by atoms with E-state index in [1.165, 1.54) is 12.4 Å². The first-order valence-electron chi connectivity index (χ1n) is 9.74. The number of hydrogen-bond donors (Lipinski definition) is 1. The van der Waals surface area contributed by atoms with Gasteiger partial charge in [0.2, 0.25) is 0 Å². The second-order valence-electron chi connectivity index (χ2n) is 6.61. The number of aromatic nitrogens is 1. The van der Waals surface area contributed by atoms with Gasteiger partial charge in [-0.1, -0.05) is 26.0 Å². The van der Waals surface area contributed by atoms with Crippen LogP contribution in [0.4, 0.5) is 0 Å². The molecular formula is C22H29N3O3. The average Bonchev–Trinajstić information content (AvgIpc) is 2.73. The number of carbonyl (C=O) groups excluding carboxylic acids is 2. The van der Waals surface area contributed by atoms with Gasteiger partial charge in [-0.3, -0.25) is 14.6 Å². The van der Waals surface area contributed by atoms with Gasteiger partial charge in [0.15, 0.2) is 0 Å². The predicted molar refractivity (Wildman–Crippen MR) is 110 cm³/mol. The Morgan fingerprint density at radius 1 is 1.04 bits per heavy atom. The minimum atomic E-state index is -0.229. The lowest BCUT2D eigenvalue weighted by molar-refractivity contribution is 0.0755. The molecule has 1 aromatic heterocycles. The van der Waals surface area contributed by atoms with Gasteiger partial charge in [-0.25, -0.2) is 0 Å². The quantitative estimate of drug-likeness (QED) is 0.683. The van der Waals surface area contributed by atoms with Crippen LogP contribution >= 0.6 is 0 Å². The predicted octanol–water partition coefficient (Wildman–Crippen LogP) is 3.32. The second-order valence-corrected chi connectivity index (χ2v) is 6.61. The largest absolute Gasteiger partial charge is 0.497 e. The third-order valence-corrected chi connectivity index (χ3v) is 4.38. The number of ether oxygens (including phenoxy) is 1. The lowest BCUT2D eigenvalue weighted by Crippen LogP contribution is -2.33. The summed E-state index contributed by atoms with van der Waals surface area (Å²) in [7, 11) is 1.63. The molecule has 6 nitrogen and oxygen atoms in total. The van der Waals surface area contributed by atoms with E-state index in [1.54, 1.807) is 13.2 Å². The maximum absolute atomic E-state index is 12.7. The van der Waals surface area contributed by atoms with Gasteiger partial charge in [0.05, 0.1) is 18.2 Å². The highest BCUT2D eigenvalue weighted by Gasteiger charge is 2.16. The molecule has 1 heterocycles. The van der Waals surface area contributed by atoms with E-state index in [9.17, 15) is 9.59 Å². The van der Waals surface area contributed by atoms with Gasteiger partial charge in [0, 0.05) is 32.0 Å². The first-order valence-corrected chi connectivity index (χ1v) is 9.74. The molecule has 0 aliphatic rings. The summed E-state index contributed by atoms with van der Waals surface area (Å²) in [6.07, 6.45) is 5.51. The Kier molecular flexibility index (Phi) is 8.46. The van der Waals surface area contributed by atoms with E-state index in [4.69, 9.17) is 4.74 Å². The Labute approximate surface area is 166 Å². The summed E-state index contributed by atoms with van der Waals surface area (Å²) in [5, 5.41) is 2.89. The molecule has 1 N–H and O–H groups in total. The van der Waals surface area contributed by atoms with Crippen LogP contribution in [0.2, 0.25) is 0 Å². The number of hydrogen-bond acceptors (Lipinski definition) is 4. The normalized spacial score (nSPS) is 10.4. The molecule has 0 aliphatic carbocycles. The molecule has 0 atom stereocenters. The van der Waals surface area contributed by atoms with Gasteiger partial charge < -0.3 is 15.0 Å². The molecule has 6 heteroatoms.